The summed E-state index contributed by atoms with van der Waals surface area (Å²) < 4.78 is 0. The van der Waals surface area contributed by atoms with Crippen LogP contribution in [0.1, 0.15) is 18.9 Å². The largest absolute Gasteiger partial charge is 0.301 e. The van der Waals surface area contributed by atoms with Crippen molar-refractivity contribution in [1.82, 2.24) is 9.80 Å². The van der Waals surface area contributed by atoms with Gasteiger partial charge in [0.1, 0.15) is 0 Å². The third kappa shape index (κ3) is 4.15. The van der Waals surface area contributed by atoms with Crippen molar-refractivity contribution in [3.63, 3.8) is 0 Å². The molecule has 1 saturated heterocycles. The molecule has 19 heavy (non-hydrogen) atoms. The molecule has 3 nitrogen and oxygen atoms in total. The minimum absolute atomic E-state index is 0.325. The summed E-state index contributed by atoms with van der Waals surface area (Å²) in [5, 5.41) is 0. The fourth-order valence-corrected chi connectivity index (χ4v) is 2.72. The number of piperazine rings is 1. The Bertz CT molecular complexity index is 404. The standard InChI is InChI=1S/C16H24N2O/c1-3-15-12-18(10-9-17(15)2)13-16(19)11-14-7-5-4-6-8-14/h4-8,15H,3,9-13H2,1-2H3. The van der Waals surface area contributed by atoms with Gasteiger partial charge < -0.3 is 4.90 Å². The van der Waals surface area contributed by atoms with Crippen LogP contribution in [0.15, 0.2) is 30.3 Å². The molecule has 1 heterocycles. The first-order chi connectivity index (χ1) is 9.19. The number of rotatable bonds is 5. The van der Waals surface area contributed by atoms with Crippen molar-refractivity contribution in [2.75, 3.05) is 33.2 Å². The Labute approximate surface area is 116 Å². The fourth-order valence-electron chi connectivity index (χ4n) is 2.72. The van der Waals surface area contributed by atoms with Gasteiger partial charge >= 0.3 is 0 Å². The average Bonchev–Trinajstić information content (AvgIpc) is 2.42. The maximum absolute atomic E-state index is 12.1. The van der Waals surface area contributed by atoms with Crippen molar-refractivity contribution in [3.8, 4) is 0 Å². The summed E-state index contributed by atoms with van der Waals surface area (Å²) in [6.07, 6.45) is 1.71. The van der Waals surface area contributed by atoms with Crippen LogP contribution in [-0.4, -0.2) is 54.9 Å². The Hall–Kier alpha value is -1.19. The maximum Gasteiger partial charge on any atom is 0.151 e. The van der Waals surface area contributed by atoms with Crippen LogP contribution >= 0.6 is 0 Å². The van der Waals surface area contributed by atoms with E-state index in [1.54, 1.807) is 0 Å². The van der Waals surface area contributed by atoms with E-state index >= 15 is 0 Å². The quantitative estimate of drug-likeness (QED) is 0.807. The minimum atomic E-state index is 0.325. The van der Waals surface area contributed by atoms with Gasteiger partial charge in [0.2, 0.25) is 0 Å². The molecule has 104 valence electrons. The number of carbonyl (C=O) groups is 1. The molecule has 1 aliphatic heterocycles. The molecule has 1 aliphatic rings. The summed E-state index contributed by atoms with van der Waals surface area (Å²) in [6.45, 7) is 5.91. The van der Waals surface area contributed by atoms with Gasteiger partial charge in [-0.25, -0.2) is 0 Å². The van der Waals surface area contributed by atoms with E-state index in [4.69, 9.17) is 0 Å². The van der Waals surface area contributed by atoms with Crippen molar-refractivity contribution in [2.24, 2.45) is 0 Å². The number of hydrogen-bond donors (Lipinski definition) is 0. The Morgan fingerprint density at radius 2 is 2.00 bits per heavy atom. The van der Waals surface area contributed by atoms with Gasteiger partial charge in [0.05, 0.1) is 6.54 Å². The van der Waals surface area contributed by atoms with E-state index in [2.05, 4.69) is 23.8 Å². The summed E-state index contributed by atoms with van der Waals surface area (Å²) in [5.74, 6) is 0.325. The highest BCUT2D eigenvalue weighted by atomic mass is 16.1. The summed E-state index contributed by atoms with van der Waals surface area (Å²) in [7, 11) is 2.18. The SMILES string of the molecule is CCC1CN(CC(=O)Cc2ccccc2)CCN1C. The Morgan fingerprint density at radius 1 is 1.26 bits per heavy atom. The molecule has 0 saturated carbocycles. The van der Waals surface area contributed by atoms with Gasteiger partial charge in [-0.1, -0.05) is 37.3 Å². The molecule has 0 radical (unpaired) electrons. The van der Waals surface area contributed by atoms with Gasteiger partial charge in [0, 0.05) is 32.1 Å². The van der Waals surface area contributed by atoms with Crippen molar-refractivity contribution in [3.05, 3.63) is 35.9 Å². The van der Waals surface area contributed by atoms with Crippen LogP contribution in [0.25, 0.3) is 0 Å². The molecule has 1 fully saturated rings. The highest BCUT2D eigenvalue weighted by Gasteiger charge is 2.23. The van der Waals surface area contributed by atoms with Crippen LogP contribution in [0.3, 0.4) is 0 Å². The first kappa shape index (κ1) is 14.2. The van der Waals surface area contributed by atoms with Crippen molar-refractivity contribution in [1.29, 1.82) is 0 Å². The summed E-state index contributed by atoms with van der Waals surface area (Å²) in [6, 6.07) is 10.6. The lowest BCUT2D eigenvalue weighted by Gasteiger charge is -2.38. The molecule has 0 amide bonds. The van der Waals surface area contributed by atoms with E-state index in [1.807, 2.05) is 30.3 Å². The molecule has 0 N–H and O–H groups in total. The number of nitrogens with zero attached hydrogens (tertiary/aromatic N) is 2. The first-order valence-corrected chi connectivity index (χ1v) is 7.17. The van der Waals surface area contributed by atoms with Crippen molar-refractivity contribution >= 4 is 5.78 Å². The van der Waals surface area contributed by atoms with E-state index in [0.717, 1.165) is 31.6 Å². The molecule has 0 aromatic heterocycles. The average molecular weight is 260 g/mol. The Balaban J connectivity index is 1.82. The number of likely N-dealkylation sites (N-methyl/N-ethyl adjacent to an activating group) is 1. The second-order valence-corrected chi connectivity index (χ2v) is 5.48. The molecule has 2 rings (SSSR count). The Morgan fingerprint density at radius 3 is 2.68 bits per heavy atom. The van der Waals surface area contributed by atoms with Crippen molar-refractivity contribution in [2.45, 2.75) is 25.8 Å². The van der Waals surface area contributed by atoms with Crippen LogP contribution in [0.2, 0.25) is 0 Å². The van der Waals surface area contributed by atoms with Gasteiger partial charge in [-0.2, -0.15) is 0 Å². The van der Waals surface area contributed by atoms with Gasteiger partial charge in [-0.3, -0.25) is 9.69 Å². The minimum Gasteiger partial charge on any atom is -0.301 e. The fraction of sp³-hybridized carbons (Fsp3) is 0.562. The zero-order valence-corrected chi connectivity index (χ0v) is 12.0. The number of benzene rings is 1. The van der Waals surface area contributed by atoms with Crippen molar-refractivity contribution < 1.29 is 4.79 Å². The normalized spacial score (nSPS) is 21.5. The third-order valence-corrected chi connectivity index (χ3v) is 3.98. The molecule has 3 heteroatoms. The van der Waals surface area contributed by atoms with Gasteiger partial charge in [-0.15, -0.1) is 0 Å². The molecule has 1 aromatic carbocycles. The van der Waals surface area contributed by atoms with Crippen LogP contribution in [0, 0.1) is 0 Å². The van der Waals surface area contributed by atoms with Gasteiger partial charge in [0.15, 0.2) is 5.78 Å². The van der Waals surface area contributed by atoms with E-state index < -0.39 is 0 Å². The zero-order chi connectivity index (χ0) is 13.7. The summed E-state index contributed by atoms with van der Waals surface area (Å²) in [4.78, 5) is 16.8. The highest BCUT2D eigenvalue weighted by Crippen LogP contribution is 2.11. The third-order valence-electron chi connectivity index (χ3n) is 3.98. The predicted octanol–water partition coefficient (Wildman–Crippen LogP) is 1.82. The highest BCUT2D eigenvalue weighted by molar-refractivity contribution is 5.82. The monoisotopic (exact) mass is 260 g/mol. The number of carbonyl (C=O) groups excluding carboxylic acids is 1. The number of ketones is 1. The molecule has 1 unspecified atom stereocenters. The van der Waals surface area contributed by atoms with E-state index in [9.17, 15) is 4.79 Å². The van der Waals surface area contributed by atoms with E-state index in [0.29, 0.717) is 24.8 Å². The lowest BCUT2D eigenvalue weighted by molar-refractivity contribution is -0.120. The van der Waals surface area contributed by atoms with Crippen LogP contribution < -0.4 is 0 Å². The van der Waals surface area contributed by atoms with Crippen LogP contribution in [0.4, 0.5) is 0 Å². The van der Waals surface area contributed by atoms with Crippen LogP contribution in [-0.2, 0) is 11.2 Å². The van der Waals surface area contributed by atoms with Crippen LogP contribution in [0.5, 0.6) is 0 Å². The second kappa shape index (κ2) is 6.83. The smallest absolute Gasteiger partial charge is 0.151 e. The molecule has 1 atom stereocenters. The lowest BCUT2D eigenvalue weighted by Crippen LogP contribution is -2.52. The lowest BCUT2D eigenvalue weighted by atomic mass is 10.1. The first-order valence-electron chi connectivity index (χ1n) is 7.17. The van der Waals surface area contributed by atoms with Gasteiger partial charge in [0.25, 0.3) is 0 Å². The topological polar surface area (TPSA) is 23.6 Å². The van der Waals surface area contributed by atoms with E-state index in [1.165, 1.54) is 0 Å². The Kier molecular flexibility index (Phi) is 5.11. The molecule has 0 aliphatic carbocycles. The zero-order valence-electron chi connectivity index (χ0n) is 12.0. The number of Topliss-reactive ketones (excluding diaryl/α,β-unsaturated/α-hetero) is 1. The summed E-state index contributed by atoms with van der Waals surface area (Å²) >= 11 is 0. The molecular weight excluding hydrogens is 236 g/mol. The molecule has 0 spiro atoms. The summed E-state index contributed by atoms with van der Waals surface area (Å²) in [5.41, 5.74) is 1.12. The second-order valence-electron chi connectivity index (χ2n) is 5.48. The predicted molar refractivity (Wildman–Crippen MR) is 78.3 cm³/mol. The van der Waals surface area contributed by atoms with Gasteiger partial charge in [-0.05, 0) is 19.0 Å². The maximum atomic E-state index is 12.1. The molecule has 1 aromatic rings. The molecular formula is C16H24N2O. The molecule has 0 bridgehead atoms. The van der Waals surface area contributed by atoms with E-state index in [-0.39, 0.29) is 0 Å². The number of hydrogen-bond acceptors (Lipinski definition) is 3.